The molecular weight excluding hydrogens is 353 g/mol. The molecular formula is C17H13F3N2O2S. The van der Waals surface area contributed by atoms with Crippen molar-refractivity contribution < 1.29 is 21.9 Å². The second-order valence-electron chi connectivity index (χ2n) is 5.33. The zero-order valence-corrected chi connectivity index (χ0v) is 13.8. The highest BCUT2D eigenvalue weighted by molar-refractivity contribution is 7.93. The Morgan fingerprint density at radius 3 is 2.24 bits per heavy atom. The number of benzene rings is 2. The largest absolute Gasteiger partial charge is 0.452 e. The van der Waals surface area contributed by atoms with Crippen LogP contribution in [0.2, 0.25) is 0 Å². The van der Waals surface area contributed by atoms with Crippen LogP contribution in [0.1, 0.15) is 5.76 Å². The Balaban J connectivity index is 1.89. The van der Waals surface area contributed by atoms with Crippen molar-refractivity contribution in [2.75, 3.05) is 6.26 Å². The van der Waals surface area contributed by atoms with Gasteiger partial charge in [-0.2, -0.15) is 17.5 Å². The maximum atomic E-state index is 12.7. The molecule has 1 aromatic heterocycles. The van der Waals surface area contributed by atoms with Crippen LogP contribution in [0.15, 0.2) is 74.4 Å². The average molecular weight is 366 g/mol. The van der Waals surface area contributed by atoms with Gasteiger partial charge >= 0.3 is 6.18 Å². The summed E-state index contributed by atoms with van der Waals surface area (Å²) in [6, 6.07) is 15.9. The van der Waals surface area contributed by atoms with E-state index in [9.17, 15) is 17.4 Å². The standard InChI is InChI=1S/C17H13F3N2O2S/c1-25(23,14-5-3-2-4-6-14)22-13-9-7-12(8-10-13)15-11-16(24-21-15)17(18,19)20/h2-11H,1H3. The fraction of sp³-hybridized carbons (Fsp3) is 0.118. The van der Waals surface area contributed by atoms with Gasteiger partial charge in [-0.1, -0.05) is 35.5 Å². The molecule has 2 aromatic carbocycles. The lowest BCUT2D eigenvalue weighted by atomic mass is 10.1. The summed E-state index contributed by atoms with van der Waals surface area (Å²) in [7, 11) is -2.61. The Labute approximate surface area is 142 Å². The van der Waals surface area contributed by atoms with E-state index in [0.717, 1.165) is 6.07 Å². The van der Waals surface area contributed by atoms with Crippen molar-refractivity contribution in [2.45, 2.75) is 11.1 Å². The van der Waals surface area contributed by atoms with Crippen molar-refractivity contribution >= 4 is 15.4 Å². The molecule has 0 N–H and O–H groups in total. The van der Waals surface area contributed by atoms with Crippen molar-refractivity contribution in [3.05, 3.63) is 66.4 Å². The van der Waals surface area contributed by atoms with Gasteiger partial charge in [0.25, 0.3) is 0 Å². The highest BCUT2D eigenvalue weighted by atomic mass is 32.2. The second kappa shape index (κ2) is 6.36. The molecule has 0 fully saturated rings. The van der Waals surface area contributed by atoms with Crippen molar-refractivity contribution in [3.63, 3.8) is 0 Å². The minimum Gasteiger partial charge on any atom is -0.351 e. The molecule has 25 heavy (non-hydrogen) atoms. The Morgan fingerprint density at radius 1 is 1.04 bits per heavy atom. The Hall–Kier alpha value is -2.61. The van der Waals surface area contributed by atoms with Crippen LogP contribution in [0.3, 0.4) is 0 Å². The molecule has 0 aliphatic rings. The van der Waals surface area contributed by atoms with Gasteiger partial charge in [0, 0.05) is 22.8 Å². The molecule has 0 radical (unpaired) electrons. The summed E-state index contributed by atoms with van der Waals surface area (Å²) in [5.74, 6) is -1.16. The summed E-state index contributed by atoms with van der Waals surface area (Å²) in [4.78, 5) is 0.602. The van der Waals surface area contributed by atoms with Gasteiger partial charge in [0.1, 0.15) is 5.69 Å². The fourth-order valence-corrected chi connectivity index (χ4v) is 3.46. The lowest BCUT2D eigenvalue weighted by molar-refractivity contribution is -0.155. The minimum absolute atomic E-state index is 0.0687. The zero-order chi connectivity index (χ0) is 18.1. The van der Waals surface area contributed by atoms with Crippen LogP contribution in [-0.2, 0) is 15.9 Å². The third-order valence-corrected chi connectivity index (χ3v) is 5.12. The first-order chi connectivity index (χ1) is 11.8. The number of rotatable bonds is 3. The van der Waals surface area contributed by atoms with Crippen molar-refractivity contribution in [1.29, 1.82) is 0 Å². The summed E-state index contributed by atoms with van der Waals surface area (Å²) in [6.45, 7) is 0. The number of nitrogens with zero attached hydrogens (tertiary/aromatic N) is 2. The van der Waals surface area contributed by atoms with E-state index in [-0.39, 0.29) is 5.69 Å². The summed E-state index contributed by atoms with van der Waals surface area (Å²) >= 11 is 0. The first-order valence-corrected chi connectivity index (χ1v) is 9.10. The van der Waals surface area contributed by atoms with E-state index < -0.39 is 21.7 Å². The van der Waals surface area contributed by atoms with E-state index in [1.54, 1.807) is 48.5 Å². The first-order valence-electron chi connectivity index (χ1n) is 7.17. The van der Waals surface area contributed by atoms with E-state index in [2.05, 4.69) is 14.0 Å². The van der Waals surface area contributed by atoms with Crippen LogP contribution < -0.4 is 0 Å². The Kier molecular flexibility index (Phi) is 4.38. The van der Waals surface area contributed by atoms with Gasteiger partial charge in [-0.05, 0) is 24.3 Å². The Bertz CT molecular complexity index is 987. The van der Waals surface area contributed by atoms with E-state index in [4.69, 9.17) is 0 Å². The predicted molar refractivity (Wildman–Crippen MR) is 87.8 cm³/mol. The summed E-state index contributed by atoms with van der Waals surface area (Å²) < 4.78 is 58.9. The maximum Gasteiger partial charge on any atom is 0.452 e. The van der Waals surface area contributed by atoms with Crippen LogP contribution in [0.5, 0.6) is 0 Å². The predicted octanol–water partition coefficient (Wildman–Crippen LogP) is 5.15. The molecule has 1 unspecified atom stereocenters. The molecule has 0 saturated carbocycles. The smallest absolute Gasteiger partial charge is 0.351 e. The highest BCUT2D eigenvalue weighted by Crippen LogP contribution is 2.32. The number of halogens is 3. The number of hydrogen-bond acceptors (Lipinski definition) is 4. The first kappa shape index (κ1) is 17.2. The van der Waals surface area contributed by atoms with Crippen LogP contribution in [0, 0.1) is 0 Å². The lowest BCUT2D eigenvalue weighted by Gasteiger charge is -2.04. The molecule has 3 rings (SSSR count). The monoisotopic (exact) mass is 366 g/mol. The van der Waals surface area contributed by atoms with Gasteiger partial charge in [-0.25, -0.2) is 4.21 Å². The summed E-state index contributed by atoms with van der Waals surface area (Å²) in [6.07, 6.45) is -3.05. The third-order valence-electron chi connectivity index (χ3n) is 3.41. The quantitative estimate of drug-likeness (QED) is 0.644. The van der Waals surface area contributed by atoms with Gasteiger partial charge < -0.3 is 4.52 Å². The molecule has 130 valence electrons. The van der Waals surface area contributed by atoms with Crippen LogP contribution >= 0.6 is 0 Å². The molecule has 0 spiro atoms. The van der Waals surface area contributed by atoms with Crippen molar-refractivity contribution in [3.8, 4) is 11.3 Å². The van der Waals surface area contributed by atoms with Crippen molar-refractivity contribution in [1.82, 2.24) is 5.16 Å². The molecule has 1 atom stereocenters. The lowest BCUT2D eigenvalue weighted by Crippen LogP contribution is -2.02. The SMILES string of the molecule is CS(=O)(=Nc1ccc(-c2cc(C(F)(F)F)on2)cc1)c1ccccc1. The van der Waals surface area contributed by atoms with Gasteiger partial charge in [0.15, 0.2) is 0 Å². The molecule has 3 aromatic rings. The molecule has 0 saturated heterocycles. The minimum atomic E-state index is -4.58. The van der Waals surface area contributed by atoms with E-state index >= 15 is 0 Å². The van der Waals surface area contributed by atoms with Crippen LogP contribution in [0.25, 0.3) is 11.3 Å². The number of aromatic nitrogens is 1. The highest BCUT2D eigenvalue weighted by Gasteiger charge is 2.36. The van der Waals surface area contributed by atoms with Crippen LogP contribution in [0.4, 0.5) is 18.9 Å². The molecule has 0 aliphatic heterocycles. The second-order valence-corrected chi connectivity index (χ2v) is 7.59. The maximum absolute atomic E-state index is 12.7. The van der Waals surface area contributed by atoms with Gasteiger partial charge in [-0.15, -0.1) is 0 Å². The molecule has 1 heterocycles. The Morgan fingerprint density at radius 2 is 1.68 bits per heavy atom. The molecule has 0 bridgehead atoms. The molecule has 4 nitrogen and oxygen atoms in total. The molecule has 0 amide bonds. The van der Waals surface area contributed by atoms with Crippen molar-refractivity contribution in [2.24, 2.45) is 4.36 Å². The fourth-order valence-electron chi connectivity index (χ4n) is 2.16. The van der Waals surface area contributed by atoms with Gasteiger partial charge in [-0.3, -0.25) is 0 Å². The van der Waals surface area contributed by atoms with E-state index in [0.29, 0.717) is 16.1 Å². The number of hydrogen-bond donors (Lipinski definition) is 0. The summed E-state index contributed by atoms with van der Waals surface area (Å²) in [5.41, 5.74) is 0.972. The van der Waals surface area contributed by atoms with Gasteiger partial charge in [0.05, 0.1) is 15.4 Å². The average Bonchev–Trinajstić information content (AvgIpc) is 3.06. The van der Waals surface area contributed by atoms with Crippen LogP contribution in [-0.4, -0.2) is 15.6 Å². The van der Waals surface area contributed by atoms with E-state index in [1.807, 2.05) is 6.07 Å². The molecule has 0 aliphatic carbocycles. The number of alkyl halides is 3. The topological polar surface area (TPSA) is 55.5 Å². The van der Waals surface area contributed by atoms with Gasteiger partial charge in [0.2, 0.25) is 5.76 Å². The zero-order valence-electron chi connectivity index (χ0n) is 13.0. The summed E-state index contributed by atoms with van der Waals surface area (Å²) in [5, 5.41) is 3.42. The normalized spacial score (nSPS) is 14.1. The molecule has 8 heteroatoms. The third kappa shape index (κ3) is 3.90. The van der Waals surface area contributed by atoms with E-state index in [1.165, 1.54) is 6.26 Å².